The lowest BCUT2D eigenvalue weighted by molar-refractivity contribution is 0.315. The van der Waals surface area contributed by atoms with Crippen LogP contribution < -0.4 is 10.6 Å². The summed E-state index contributed by atoms with van der Waals surface area (Å²) in [7, 11) is 4.21. The van der Waals surface area contributed by atoms with Gasteiger partial charge in [-0.2, -0.15) is 0 Å². The first-order chi connectivity index (χ1) is 8.08. The van der Waals surface area contributed by atoms with Crippen LogP contribution in [0.15, 0.2) is 18.3 Å². The molecule has 1 saturated heterocycles. The zero-order valence-electron chi connectivity index (χ0n) is 10.3. The molecule has 0 aromatic carbocycles. The molecule has 0 bridgehead atoms. The number of nitrogen functional groups attached to an aromatic ring is 1. The van der Waals surface area contributed by atoms with Gasteiger partial charge in [-0.15, -0.1) is 0 Å². The van der Waals surface area contributed by atoms with Crippen LogP contribution in [0.2, 0.25) is 0 Å². The first-order valence-corrected chi connectivity index (χ1v) is 5.80. The number of amidine groups is 1. The summed E-state index contributed by atoms with van der Waals surface area (Å²) < 4.78 is 0. The molecule has 0 spiro atoms. The maximum Gasteiger partial charge on any atom is 0.129 e. The first-order valence-electron chi connectivity index (χ1n) is 5.80. The van der Waals surface area contributed by atoms with E-state index < -0.39 is 0 Å². The third-order valence-corrected chi connectivity index (χ3v) is 3.27. The molecular formula is C12H19N5. The van der Waals surface area contributed by atoms with Crippen molar-refractivity contribution >= 4 is 11.7 Å². The average Bonchev–Trinajstić information content (AvgIpc) is 2.78. The molecule has 1 aromatic heterocycles. The van der Waals surface area contributed by atoms with Gasteiger partial charge in [0.15, 0.2) is 0 Å². The van der Waals surface area contributed by atoms with Crippen molar-refractivity contribution in [3.63, 3.8) is 0 Å². The van der Waals surface area contributed by atoms with Crippen LogP contribution >= 0.6 is 0 Å². The van der Waals surface area contributed by atoms with E-state index in [9.17, 15) is 0 Å². The Labute approximate surface area is 102 Å². The third-order valence-electron chi connectivity index (χ3n) is 3.27. The Hall–Kier alpha value is -1.62. The minimum Gasteiger partial charge on any atom is -0.384 e. The van der Waals surface area contributed by atoms with E-state index in [4.69, 9.17) is 11.1 Å². The predicted octanol–water partition coefficient (Wildman–Crippen LogP) is 0.506. The Balaban J connectivity index is 2.13. The van der Waals surface area contributed by atoms with Crippen LogP contribution in [0.25, 0.3) is 0 Å². The minimum absolute atomic E-state index is 0.0945. The quantitative estimate of drug-likeness (QED) is 0.589. The maximum absolute atomic E-state index is 7.43. The average molecular weight is 233 g/mol. The molecule has 2 heterocycles. The molecule has 5 nitrogen and oxygen atoms in total. The number of nitrogens with one attached hydrogen (secondary N) is 1. The molecule has 1 aromatic rings. The molecule has 0 amide bonds. The Morgan fingerprint density at radius 3 is 2.94 bits per heavy atom. The molecule has 3 N–H and O–H groups in total. The molecule has 2 rings (SSSR count). The zero-order chi connectivity index (χ0) is 12.4. The van der Waals surface area contributed by atoms with Gasteiger partial charge in [-0.3, -0.25) is 5.41 Å². The highest BCUT2D eigenvalue weighted by molar-refractivity contribution is 5.95. The van der Waals surface area contributed by atoms with E-state index in [1.165, 1.54) is 0 Å². The molecule has 0 saturated carbocycles. The van der Waals surface area contributed by atoms with E-state index in [1.807, 2.05) is 6.07 Å². The van der Waals surface area contributed by atoms with Crippen molar-refractivity contribution in [3.8, 4) is 0 Å². The molecule has 5 heteroatoms. The zero-order valence-corrected chi connectivity index (χ0v) is 10.3. The van der Waals surface area contributed by atoms with Gasteiger partial charge >= 0.3 is 0 Å². The van der Waals surface area contributed by atoms with Crippen LogP contribution in [0.4, 0.5) is 5.82 Å². The number of nitrogens with zero attached hydrogens (tertiary/aromatic N) is 3. The smallest absolute Gasteiger partial charge is 0.129 e. The van der Waals surface area contributed by atoms with E-state index in [0.29, 0.717) is 6.04 Å². The predicted molar refractivity (Wildman–Crippen MR) is 69.6 cm³/mol. The second kappa shape index (κ2) is 4.71. The Bertz CT molecular complexity index is 415. The SMILES string of the molecule is CN(C)C1CCN(c2cc(C(=N)N)ccn2)C1. The number of hydrogen-bond acceptors (Lipinski definition) is 4. The summed E-state index contributed by atoms with van der Waals surface area (Å²) in [5, 5.41) is 7.43. The third kappa shape index (κ3) is 2.55. The van der Waals surface area contributed by atoms with Gasteiger partial charge in [0.05, 0.1) is 0 Å². The van der Waals surface area contributed by atoms with E-state index in [1.54, 1.807) is 12.3 Å². The number of rotatable bonds is 3. The van der Waals surface area contributed by atoms with Crippen molar-refractivity contribution in [3.05, 3.63) is 23.9 Å². The number of likely N-dealkylation sites (N-methyl/N-ethyl adjacent to an activating group) is 1. The molecule has 0 radical (unpaired) electrons. The van der Waals surface area contributed by atoms with Gasteiger partial charge in [-0.05, 0) is 32.6 Å². The van der Waals surface area contributed by atoms with E-state index in [0.717, 1.165) is 30.9 Å². The van der Waals surface area contributed by atoms with E-state index in [-0.39, 0.29) is 5.84 Å². The van der Waals surface area contributed by atoms with Crippen LogP contribution in [0.5, 0.6) is 0 Å². The van der Waals surface area contributed by atoms with Crippen LogP contribution in [-0.2, 0) is 0 Å². The van der Waals surface area contributed by atoms with Crippen molar-refractivity contribution < 1.29 is 0 Å². The minimum atomic E-state index is 0.0945. The summed E-state index contributed by atoms with van der Waals surface area (Å²) >= 11 is 0. The van der Waals surface area contributed by atoms with E-state index in [2.05, 4.69) is 28.9 Å². The van der Waals surface area contributed by atoms with Crippen LogP contribution in [0.1, 0.15) is 12.0 Å². The molecule has 1 aliphatic heterocycles. The first kappa shape index (κ1) is 11.9. The Morgan fingerprint density at radius 1 is 1.59 bits per heavy atom. The number of pyridine rings is 1. The molecule has 17 heavy (non-hydrogen) atoms. The highest BCUT2D eigenvalue weighted by Crippen LogP contribution is 2.20. The maximum atomic E-state index is 7.43. The topological polar surface area (TPSA) is 69.2 Å². The van der Waals surface area contributed by atoms with Crippen molar-refractivity contribution in [1.29, 1.82) is 5.41 Å². The molecular weight excluding hydrogens is 214 g/mol. The summed E-state index contributed by atoms with van der Waals surface area (Å²) in [5.41, 5.74) is 6.22. The largest absolute Gasteiger partial charge is 0.384 e. The van der Waals surface area contributed by atoms with Crippen LogP contribution in [0, 0.1) is 5.41 Å². The lowest BCUT2D eigenvalue weighted by Crippen LogP contribution is -2.31. The van der Waals surface area contributed by atoms with Crippen molar-refractivity contribution in [1.82, 2.24) is 9.88 Å². The monoisotopic (exact) mass is 233 g/mol. The second-order valence-corrected chi connectivity index (χ2v) is 4.67. The molecule has 92 valence electrons. The van der Waals surface area contributed by atoms with Crippen molar-refractivity contribution in [2.75, 3.05) is 32.1 Å². The Kier molecular flexibility index (Phi) is 3.28. The normalized spacial score (nSPS) is 19.9. The fourth-order valence-corrected chi connectivity index (χ4v) is 2.13. The number of anilines is 1. The van der Waals surface area contributed by atoms with Gasteiger partial charge in [0, 0.05) is 30.9 Å². The van der Waals surface area contributed by atoms with Gasteiger partial charge in [0.2, 0.25) is 0 Å². The number of hydrogen-bond donors (Lipinski definition) is 2. The highest BCUT2D eigenvalue weighted by atomic mass is 15.3. The summed E-state index contributed by atoms with van der Waals surface area (Å²) in [6.45, 7) is 2.00. The number of aromatic nitrogens is 1. The molecule has 1 fully saturated rings. The second-order valence-electron chi connectivity index (χ2n) is 4.67. The van der Waals surface area contributed by atoms with Gasteiger partial charge in [-0.1, -0.05) is 0 Å². The fourth-order valence-electron chi connectivity index (χ4n) is 2.13. The highest BCUT2D eigenvalue weighted by Gasteiger charge is 2.24. The Morgan fingerprint density at radius 2 is 2.35 bits per heavy atom. The summed E-state index contributed by atoms with van der Waals surface area (Å²) in [5.74, 6) is 1.01. The van der Waals surface area contributed by atoms with Crippen molar-refractivity contribution in [2.45, 2.75) is 12.5 Å². The number of nitrogens with two attached hydrogens (primary N) is 1. The van der Waals surface area contributed by atoms with Gasteiger partial charge in [0.1, 0.15) is 11.7 Å². The molecule has 1 aliphatic rings. The fraction of sp³-hybridized carbons (Fsp3) is 0.500. The lowest BCUT2D eigenvalue weighted by Gasteiger charge is -2.21. The molecule has 0 aliphatic carbocycles. The van der Waals surface area contributed by atoms with Gasteiger partial charge < -0.3 is 15.5 Å². The molecule has 1 atom stereocenters. The summed E-state index contributed by atoms with van der Waals surface area (Å²) in [4.78, 5) is 8.84. The lowest BCUT2D eigenvalue weighted by atomic mass is 10.2. The van der Waals surface area contributed by atoms with Crippen LogP contribution in [0.3, 0.4) is 0 Å². The summed E-state index contributed by atoms with van der Waals surface area (Å²) in [6, 6.07) is 4.24. The van der Waals surface area contributed by atoms with Crippen LogP contribution in [-0.4, -0.2) is 48.9 Å². The van der Waals surface area contributed by atoms with Crippen molar-refractivity contribution in [2.24, 2.45) is 5.73 Å². The molecule has 1 unspecified atom stereocenters. The van der Waals surface area contributed by atoms with Gasteiger partial charge in [0.25, 0.3) is 0 Å². The standard InChI is InChI=1S/C12H19N5/c1-16(2)10-4-6-17(8-10)11-7-9(12(13)14)3-5-15-11/h3,5,7,10H,4,6,8H2,1-2H3,(H3,13,14). The van der Waals surface area contributed by atoms with E-state index >= 15 is 0 Å². The van der Waals surface area contributed by atoms with Gasteiger partial charge in [-0.25, -0.2) is 4.98 Å². The summed E-state index contributed by atoms with van der Waals surface area (Å²) in [6.07, 6.45) is 2.87.